The standard InChI is InChI=1S/C16H15N7O2S/c1-26(24,25)23-9-16(8-17,10-23)22-13-4-6-19-15(21-13)12-7-20-14-11(12)3-2-5-18-14/h2-7H,9-10H2,1H3,(H,18,20)(H,19,21,22). The van der Waals surface area contributed by atoms with Crippen LogP contribution in [0.15, 0.2) is 36.8 Å². The molecule has 4 heterocycles. The lowest BCUT2D eigenvalue weighted by molar-refractivity contribution is 0.228. The van der Waals surface area contributed by atoms with Crippen LogP contribution in [0.4, 0.5) is 5.82 Å². The fraction of sp³-hybridized carbons (Fsp3) is 0.250. The van der Waals surface area contributed by atoms with E-state index in [1.807, 2.05) is 12.1 Å². The van der Waals surface area contributed by atoms with Gasteiger partial charge in [0.1, 0.15) is 11.5 Å². The van der Waals surface area contributed by atoms with Crippen molar-refractivity contribution in [2.75, 3.05) is 24.7 Å². The third-order valence-corrected chi connectivity index (χ3v) is 5.49. The number of nitrogens with one attached hydrogen (secondary N) is 2. The zero-order valence-electron chi connectivity index (χ0n) is 13.8. The van der Waals surface area contributed by atoms with Gasteiger partial charge in [0.2, 0.25) is 10.0 Å². The Hall–Kier alpha value is -3.03. The maximum absolute atomic E-state index is 11.6. The summed E-state index contributed by atoms with van der Waals surface area (Å²) >= 11 is 0. The van der Waals surface area contributed by atoms with E-state index in [2.05, 4.69) is 31.3 Å². The Morgan fingerprint density at radius 1 is 1.31 bits per heavy atom. The van der Waals surface area contributed by atoms with Gasteiger partial charge in [-0.1, -0.05) is 0 Å². The number of aromatic nitrogens is 4. The van der Waals surface area contributed by atoms with E-state index in [4.69, 9.17) is 0 Å². The molecule has 132 valence electrons. The van der Waals surface area contributed by atoms with Crippen LogP contribution < -0.4 is 5.32 Å². The van der Waals surface area contributed by atoms with Crippen LogP contribution in [0, 0.1) is 11.3 Å². The predicted molar refractivity (Wildman–Crippen MR) is 95.5 cm³/mol. The Bertz CT molecular complexity index is 1130. The second-order valence-electron chi connectivity index (χ2n) is 6.22. The first-order valence-corrected chi connectivity index (χ1v) is 9.65. The van der Waals surface area contributed by atoms with Crippen molar-refractivity contribution in [3.63, 3.8) is 0 Å². The van der Waals surface area contributed by atoms with Crippen molar-refractivity contribution in [2.24, 2.45) is 0 Å². The summed E-state index contributed by atoms with van der Waals surface area (Å²) in [5, 5.41) is 13.4. The molecule has 1 fully saturated rings. The second kappa shape index (κ2) is 5.76. The van der Waals surface area contributed by atoms with Gasteiger partial charge in [-0.2, -0.15) is 9.57 Å². The van der Waals surface area contributed by atoms with Crippen LogP contribution in [0.1, 0.15) is 0 Å². The molecular formula is C16H15N7O2S. The molecule has 4 rings (SSSR count). The highest BCUT2D eigenvalue weighted by Gasteiger charge is 2.47. The minimum Gasteiger partial charge on any atom is -0.350 e. The van der Waals surface area contributed by atoms with E-state index in [-0.39, 0.29) is 13.1 Å². The average molecular weight is 369 g/mol. The third kappa shape index (κ3) is 2.77. The van der Waals surface area contributed by atoms with Crippen molar-refractivity contribution < 1.29 is 8.42 Å². The molecule has 3 aromatic rings. The quantitative estimate of drug-likeness (QED) is 0.701. The first kappa shape index (κ1) is 16.4. The number of nitriles is 1. The van der Waals surface area contributed by atoms with Crippen LogP contribution in [-0.2, 0) is 10.0 Å². The number of pyridine rings is 1. The largest absolute Gasteiger partial charge is 0.350 e. The summed E-state index contributed by atoms with van der Waals surface area (Å²) < 4.78 is 24.4. The van der Waals surface area contributed by atoms with E-state index in [0.717, 1.165) is 22.9 Å². The molecule has 0 aromatic carbocycles. The molecule has 0 atom stereocenters. The molecule has 1 aliphatic heterocycles. The number of fused-ring (bicyclic) bond motifs is 1. The number of anilines is 1. The highest BCUT2D eigenvalue weighted by Crippen LogP contribution is 2.29. The summed E-state index contributed by atoms with van der Waals surface area (Å²) in [4.78, 5) is 16.1. The molecule has 0 unspecified atom stereocenters. The molecule has 0 amide bonds. The van der Waals surface area contributed by atoms with Gasteiger partial charge in [0, 0.05) is 29.5 Å². The minimum atomic E-state index is -3.31. The fourth-order valence-corrected chi connectivity index (χ4v) is 3.82. The van der Waals surface area contributed by atoms with E-state index in [9.17, 15) is 13.7 Å². The minimum absolute atomic E-state index is 0.0820. The van der Waals surface area contributed by atoms with E-state index in [1.54, 1.807) is 24.7 Å². The molecule has 26 heavy (non-hydrogen) atoms. The number of aromatic amines is 1. The number of nitrogens with zero attached hydrogens (tertiary/aromatic N) is 5. The highest BCUT2D eigenvalue weighted by atomic mass is 32.2. The van der Waals surface area contributed by atoms with Gasteiger partial charge in [-0.3, -0.25) is 0 Å². The van der Waals surface area contributed by atoms with Crippen molar-refractivity contribution >= 4 is 26.9 Å². The van der Waals surface area contributed by atoms with Crippen molar-refractivity contribution in [1.29, 1.82) is 5.26 Å². The summed E-state index contributed by atoms with van der Waals surface area (Å²) in [5.74, 6) is 0.949. The summed E-state index contributed by atoms with van der Waals surface area (Å²) in [6.07, 6.45) is 6.20. The normalized spacial score (nSPS) is 16.8. The lowest BCUT2D eigenvalue weighted by Gasteiger charge is -2.44. The van der Waals surface area contributed by atoms with Crippen LogP contribution in [0.25, 0.3) is 22.4 Å². The molecule has 3 aromatic heterocycles. The zero-order valence-corrected chi connectivity index (χ0v) is 14.7. The van der Waals surface area contributed by atoms with E-state index in [1.165, 1.54) is 4.31 Å². The fourth-order valence-electron chi connectivity index (χ4n) is 2.91. The summed E-state index contributed by atoms with van der Waals surface area (Å²) in [7, 11) is -3.31. The molecule has 1 saturated heterocycles. The molecule has 0 radical (unpaired) electrons. The van der Waals surface area contributed by atoms with Gasteiger partial charge in [0.15, 0.2) is 11.4 Å². The average Bonchev–Trinajstić information content (AvgIpc) is 3.01. The van der Waals surface area contributed by atoms with E-state index >= 15 is 0 Å². The van der Waals surface area contributed by atoms with Crippen LogP contribution in [0.2, 0.25) is 0 Å². The molecule has 0 saturated carbocycles. The maximum atomic E-state index is 11.6. The molecule has 0 bridgehead atoms. The molecular weight excluding hydrogens is 354 g/mol. The van der Waals surface area contributed by atoms with Crippen molar-refractivity contribution in [2.45, 2.75) is 5.54 Å². The SMILES string of the molecule is CS(=O)(=O)N1CC(C#N)(Nc2ccnc(-c3c[nH]c4ncccc34)n2)C1. The lowest BCUT2D eigenvalue weighted by Crippen LogP contribution is -2.66. The number of sulfonamides is 1. The van der Waals surface area contributed by atoms with Gasteiger partial charge < -0.3 is 10.3 Å². The Balaban J connectivity index is 1.62. The maximum Gasteiger partial charge on any atom is 0.211 e. The van der Waals surface area contributed by atoms with Crippen LogP contribution in [-0.4, -0.2) is 57.5 Å². The van der Waals surface area contributed by atoms with Crippen LogP contribution in [0.5, 0.6) is 0 Å². The van der Waals surface area contributed by atoms with Gasteiger partial charge in [0.25, 0.3) is 0 Å². The van der Waals surface area contributed by atoms with E-state index < -0.39 is 15.6 Å². The van der Waals surface area contributed by atoms with Gasteiger partial charge in [-0.15, -0.1) is 0 Å². The molecule has 1 aliphatic rings. The third-order valence-electron chi connectivity index (χ3n) is 4.29. The van der Waals surface area contributed by atoms with Crippen molar-refractivity contribution in [1.82, 2.24) is 24.2 Å². The van der Waals surface area contributed by atoms with Gasteiger partial charge in [-0.05, 0) is 18.2 Å². The molecule has 0 spiro atoms. The first-order valence-electron chi connectivity index (χ1n) is 7.80. The lowest BCUT2D eigenvalue weighted by atomic mass is 9.94. The van der Waals surface area contributed by atoms with Gasteiger partial charge in [-0.25, -0.2) is 23.4 Å². The monoisotopic (exact) mass is 369 g/mol. The van der Waals surface area contributed by atoms with Crippen LogP contribution in [0.3, 0.4) is 0 Å². The number of H-pyrrole nitrogens is 1. The van der Waals surface area contributed by atoms with Gasteiger partial charge >= 0.3 is 0 Å². The predicted octanol–water partition coefficient (Wildman–Crippen LogP) is 0.969. The molecule has 9 nitrogen and oxygen atoms in total. The van der Waals surface area contributed by atoms with Crippen molar-refractivity contribution in [3.8, 4) is 17.5 Å². The number of hydrogen-bond donors (Lipinski definition) is 2. The Labute approximate surface area is 149 Å². The Morgan fingerprint density at radius 2 is 2.12 bits per heavy atom. The Morgan fingerprint density at radius 3 is 2.85 bits per heavy atom. The Kier molecular flexibility index (Phi) is 3.64. The topological polar surface area (TPSA) is 128 Å². The highest BCUT2D eigenvalue weighted by molar-refractivity contribution is 7.88. The van der Waals surface area contributed by atoms with Crippen LogP contribution >= 0.6 is 0 Å². The van der Waals surface area contributed by atoms with Crippen molar-refractivity contribution in [3.05, 3.63) is 36.8 Å². The van der Waals surface area contributed by atoms with E-state index in [0.29, 0.717) is 11.6 Å². The zero-order chi connectivity index (χ0) is 18.4. The molecule has 2 N–H and O–H groups in total. The summed E-state index contributed by atoms with van der Waals surface area (Å²) in [5.41, 5.74) is 0.547. The molecule has 10 heteroatoms. The molecule has 0 aliphatic carbocycles. The summed E-state index contributed by atoms with van der Waals surface area (Å²) in [6, 6.07) is 7.56. The smallest absolute Gasteiger partial charge is 0.211 e. The second-order valence-corrected chi connectivity index (χ2v) is 8.20. The summed E-state index contributed by atoms with van der Waals surface area (Å²) in [6.45, 7) is 0.164. The number of hydrogen-bond acceptors (Lipinski definition) is 7. The van der Waals surface area contributed by atoms with Gasteiger partial charge in [0.05, 0.1) is 25.4 Å². The number of rotatable bonds is 4. The first-order chi connectivity index (χ1) is 12.4.